The second-order valence-corrected chi connectivity index (χ2v) is 8.02. The van der Waals surface area contributed by atoms with Crippen molar-refractivity contribution in [2.45, 2.75) is 44.1 Å². The molecule has 1 rings (SSSR count). The van der Waals surface area contributed by atoms with Crippen molar-refractivity contribution in [1.82, 2.24) is 4.72 Å². The van der Waals surface area contributed by atoms with Gasteiger partial charge in [-0.05, 0) is 33.8 Å². The van der Waals surface area contributed by atoms with E-state index in [9.17, 15) is 8.60 Å². The molecule has 0 bridgehead atoms. The van der Waals surface area contributed by atoms with Crippen molar-refractivity contribution >= 4 is 11.0 Å². The molecule has 0 aliphatic carbocycles. The number of rotatable bonds is 6. The number of hydrogen-bond donors (Lipinski definition) is 1. The van der Waals surface area contributed by atoms with E-state index in [1.54, 1.807) is 31.2 Å². The quantitative estimate of drug-likeness (QED) is 0.818. The zero-order valence-corrected chi connectivity index (χ0v) is 14.1. The molecule has 1 aromatic rings. The van der Waals surface area contributed by atoms with Crippen LogP contribution in [-0.4, -0.2) is 22.2 Å². The summed E-state index contributed by atoms with van der Waals surface area (Å²) in [6, 6.07) is 6.41. The van der Waals surface area contributed by atoms with Gasteiger partial charge in [0.05, 0.1) is 27.4 Å². The molecule has 21 heavy (non-hydrogen) atoms. The van der Waals surface area contributed by atoms with E-state index in [1.165, 1.54) is 13.2 Å². The molecule has 1 N–H and O–H groups in total. The van der Waals surface area contributed by atoms with Crippen LogP contribution in [0.2, 0.25) is 0 Å². The highest BCUT2D eigenvalue weighted by Gasteiger charge is 2.40. The Labute approximate surface area is 129 Å². The van der Waals surface area contributed by atoms with Crippen molar-refractivity contribution in [1.29, 1.82) is 0 Å². The molecular formula is C16H24FNO2S. The summed E-state index contributed by atoms with van der Waals surface area (Å²) in [5.41, 5.74) is -0.589. The van der Waals surface area contributed by atoms with E-state index in [0.29, 0.717) is 5.56 Å². The lowest BCUT2D eigenvalue weighted by molar-refractivity contribution is 0.0685. The van der Waals surface area contributed by atoms with Crippen LogP contribution in [0.3, 0.4) is 0 Å². The fraction of sp³-hybridized carbons (Fsp3) is 0.500. The monoisotopic (exact) mass is 313 g/mol. The Kier molecular flexibility index (Phi) is 5.84. The summed E-state index contributed by atoms with van der Waals surface area (Å²) >= 11 is 0. The average Bonchev–Trinajstić information content (AvgIpc) is 2.39. The van der Waals surface area contributed by atoms with E-state index in [1.807, 2.05) is 20.8 Å². The summed E-state index contributed by atoms with van der Waals surface area (Å²) in [5.74, 6) is -0.373. The van der Waals surface area contributed by atoms with Gasteiger partial charge in [0.2, 0.25) is 0 Å². The van der Waals surface area contributed by atoms with E-state index >= 15 is 0 Å². The van der Waals surface area contributed by atoms with Crippen molar-refractivity contribution in [2.24, 2.45) is 0 Å². The van der Waals surface area contributed by atoms with Crippen LogP contribution in [0.5, 0.6) is 0 Å². The molecule has 0 aliphatic rings. The number of nitrogens with one attached hydrogen (secondary N) is 1. The van der Waals surface area contributed by atoms with Gasteiger partial charge in [-0.15, -0.1) is 6.58 Å². The first-order valence-electron chi connectivity index (χ1n) is 6.77. The molecule has 0 spiro atoms. The van der Waals surface area contributed by atoms with Crippen molar-refractivity contribution < 1.29 is 13.3 Å². The Hall–Kier alpha value is -1.04. The Bertz CT molecular complexity index is 527. The van der Waals surface area contributed by atoms with Gasteiger partial charge in [0.25, 0.3) is 0 Å². The maximum Gasteiger partial charge on any atom is 0.128 e. The zero-order valence-electron chi connectivity index (χ0n) is 13.3. The van der Waals surface area contributed by atoms with E-state index < -0.39 is 27.4 Å². The van der Waals surface area contributed by atoms with E-state index in [2.05, 4.69) is 11.3 Å². The van der Waals surface area contributed by atoms with Gasteiger partial charge >= 0.3 is 0 Å². The predicted octanol–water partition coefficient (Wildman–Crippen LogP) is 3.29. The molecule has 0 aliphatic heterocycles. The van der Waals surface area contributed by atoms with Gasteiger partial charge in [0.15, 0.2) is 0 Å². The fourth-order valence-electron chi connectivity index (χ4n) is 2.06. The van der Waals surface area contributed by atoms with Crippen LogP contribution in [0.15, 0.2) is 36.9 Å². The molecule has 1 aromatic carbocycles. The van der Waals surface area contributed by atoms with Gasteiger partial charge in [-0.2, -0.15) is 0 Å². The Morgan fingerprint density at radius 2 is 1.90 bits per heavy atom. The topological polar surface area (TPSA) is 38.3 Å². The molecule has 0 unspecified atom stereocenters. The molecule has 0 fully saturated rings. The smallest absolute Gasteiger partial charge is 0.128 e. The number of ether oxygens (including phenoxy) is 1. The third kappa shape index (κ3) is 3.99. The molecule has 0 saturated carbocycles. The predicted molar refractivity (Wildman–Crippen MR) is 85.8 cm³/mol. The highest BCUT2D eigenvalue weighted by atomic mass is 32.2. The van der Waals surface area contributed by atoms with E-state index in [4.69, 9.17) is 4.74 Å². The Morgan fingerprint density at radius 1 is 1.33 bits per heavy atom. The second kappa shape index (κ2) is 6.81. The van der Waals surface area contributed by atoms with Gasteiger partial charge < -0.3 is 4.74 Å². The summed E-state index contributed by atoms with van der Waals surface area (Å²) in [4.78, 5) is 0. The first kappa shape index (κ1) is 18.0. The summed E-state index contributed by atoms with van der Waals surface area (Å²) in [5, 5.41) is 0. The molecular weight excluding hydrogens is 289 g/mol. The van der Waals surface area contributed by atoms with Gasteiger partial charge in [0, 0.05) is 12.7 Å². The highest BCUT2D eigenvalue weighted by molar-refractivity contribution is 7.84. The first-order valence-corrected chi connectivity index (χ1v) is 7.92. The second-order valence-electron chi connectivity index (χ2n) is 6.06. The average molecular weight is 313 g/mol. The third-order valence-corrected chi connectivity index (χ3v) is 5.05. The molecule has 0 saturated heterocycles. The van der Waals surface area contributed by atoms with Crippen LogP contribution in [0.25, 0.3) is 0 Å². The van der Waals surface area contributed by atoms with Crippen molar-refractivity contribution in [3.8, 4) is 0 Å². The van der Waals surface area contributed by atoms with Gasteiger partial charge in [-0.1, -0.05) is 24.3 Å². The minimum Gasteiger partial charge on any atom is -0.375 e. The molecule has 0 radical (unpaired) electrons. The maximum absolute atomic E-state index is 14.2. The van der Waals surface area contributed by atoms with Crippen LogP contribution >= 0.6 is 0 Å². The zero-order chi connectivity index (χ0) is 16.3. The van der Waals surface area contributed by atoms with Crippen molar-refractivity contribution in [2.75, 3.05) is 7.11 Å². The molecule has 0 amide bonds. The van der Waals surface area contributed by atoms with Crippen LogP contribution in [0.1, 0.15) is 33.3 Å². The number of hydrogen-bond acceptors (Lipinski definition) is 2. The Balaban J connectivity index is 3.34. The lowest BCUT2D eigenvalue weighted by Crippen LogP contribution is -2.53. The van der Waals surface area contributed by atoms with E-state index in [0.717, 1.165) is 0 Å². The van der Waals surface area contributed by atoms with Crippen molar-refractivity contribution in [3.63, 3.8) is 0 Å². The number of benzene rings is 1. The molecule has 5 heteroatoms. The minimum absolute atomic E-state index is 0.373. The summed E-state index contributed by atoms with van der Waals surface area (Å²) in [6.45, 7) is 11.1. The van der Waals surface area contributed by atoms with Gasteiger partial charge in [-0.3, -0.25) is 0 Å². The summed E-state index contributed by atoms with van der Waals surface area (Å²) in [7, 11) is 0.137. The first-order chi connectivity index (χ1) is 9.66. The molecule has 0 heterocycles. The van der Waals surface area contributed by atoms with Crippen LogP contribution in [0, 0.1) is 5.82 Å². The van der Waals surface area contributed by atoms with E-state index in [-0.39, 0.29) is 5.82 Å². The largest absolute Gasteiger partial charge is 0.375 e. The van der Waals surface area contributed by atoms with Crippen LogP contribution < -0.4 is 4.72 Å². The molecule has 3 nitrogen and oxygen atoms in total. The summed E-state index contributed by atoms with van der Waals surface area (Å²) in [6.07, 6.45) is 1.06. The number of halogens is 1. The van der Waals surface area contributed by atoms with Crippen molar-refractivity contribution in [3.05, 3.63) is 48.3 Å². The fourth-order valence-corrected chi connectivity index (χ4v) is 2.98. The van der Waals surface area contributed by atoms with Gasteiger partial charge in [0.1, 0.15) is 5.82 Å². The normalized spacial score (nSPS) is 17.8. The lowest BCUT2D eigenvalue weighted by atomic mass is 9.87. The maximum atomic E-state index is 14.2. The SMILES string of the molecule is C=C[C@H](OC)[C@](C)(N[S@](=O)C(C)(C)C)c1ccccc1F. The minimum atomic E-state index is -1.38. The Morgan fingerprint density at radius 3 is 2.33 bits per heavy atom. The molecule has 3 atom stereocenters. The highest BCUT2D eigenvalue weighted by Crippen LogP contribution is 2.31. The van der Waals surface area contributed by atoms with Crippen LogP contribution in [0.4, 0.5) is 4.39 Å². The van der Waals surface area contributed by atoms with Crippen LogP contribution in [-0.2, 0) is 21.3 Å². The lowest BCUT2D eigenvalue weighted by Gasteiger charge is -2.38. The standard InChI is InChI=1S/C16H24FNO2S/c1-7-14(20-6)16(5,18-21(19)15(2,3)4)12-10-8-9-11-13(12)17/h7-11,14,18H,1H2,2-6H3/t14-,16+,21+/m0/s1. The van der Waals surface area contributed by atoms with Gasteiger partial charge in [-0.25, -0.2) is 13.3 Å². The molecule has 0 aromatic heterocycles. The number of methoxy groups -OCH3 is 1. The molecule has 118 valence electrons. The summed E-state index contributed by atoms with van der Waals surface area (Å²) < 4.78 is 34.7. The third-order valence-electron chi connectivity index (χ3n) is 3.33.